The van der Waals surface area contributed by atoms with E-state index in [1.165, 1.54) is 0 Å². The predicted molar refractivity (Wildman–Crippen MR) is 91.2 cm³/mol. The van der Waals surface area contributed by atoms with E-state index >= 15 is 0 Å². The van der Waals surface area contributed by atoms with Crippen molar-refractivity contribution in [2.75, 3.05) is 13.1 Å². The van der Waals surface area contributed by atoms with Crippen LogP contribution in [0, 0.1) is 0 Å². The number of aromatic hydroxyl groups is 1. The number of phenols is 1. The van der Waals surface area contributed by atoms with E-state index in [0.29, 0.717) is 12.1 Å². The van der Waals surface area contributed by atoms with E-state index in [1.54, 1.807) is 24.3 Å². The van der Waals surface area contributed by atoms with Gasteiger partial charge in [-0.15, -0.1) is 12.4 Å². The first-order valence-electron chi connectivity index (χ1n) is 7.50. The molecule has 0 aliphatic carbocycles. The van der Waals surface area contributed by atoms with Gasteiger partial charge in [0.05, 0.1) is 5.56 Å². The smallest absolute Gasteiger partial charge is 0.338 e. The van der Waals surface area contributed by atoms with Crippen LogP contribution in [-0.2, 0) is 4.74 Å². The number of piperidine rings is 1. The molecular formula is C18H20ClNO3. The lowest BCUT2D eigenvalue weighted by molar-refractivity contribution is 0.0182. The van der Waals surface area contributed by atoms with E-state index in [9.17, 15) is 9.90 Å². The van der Waals surface area contributed by atoms with Crippen LogP contribution in [0.4, 0.5) is 0 Å². The molecule has 1 aliphatic heterocycles. The number of carbonyl (C=O) groups excluding carboxylic acids is 1. The molecule has 1 saturated heterocycles. The van der Waals surface area contributed by atoms with Crippen LogP contribution in [-0.4, -0.2) is 30.3 Å². The molecule has 0 radical (unpaired) electrons. The number of ether oxygens (including phenoxy) is 1. The molecule has 2 aromatic rings. The molecule has 4 nitrogen and oxygen atoms in total. The second-order valence-electron chi connectivity index (χ2n) is 5.50. The van der Waals surface area contributed by atoms with Crippen molar-refractivity contribution in [3.05, 3.63) is 65.7 Å². The molecule has 0 saturated carbocycles. The minimum atomic E-state index is -0.306. The van der Waals surface area contributed by atoms with Gasteiger partial charge in [0.25, 0.3) is 0 Å². The van der Waals surface area contributed by atoms with Gasteiger partial charge in [-0.1, -0.05) is 30.3 Å². The van der Waals surface area contributed by atoms with E-state index < -0.39 is 0 Å². The summed E-state index contributed by atoms with van der Waals surface area (Å²) in [6.45, 7) is 1.50. The molecule has 0 unspecified atom stereocenters. The van der Waals surface area contributed by atoms with Crippen LogP contribution >= 0.6 is 12.4 Å². The van der Waals surface area contributed by atoms with Crippen LogP contribution in [0.2, 0.25) is 0 Å². The molecule has 3 rings (SSSR count). The Morgan fingerprint density at radius 3 is 2.65 bits per heavy atom. The lowest BCUT2D eigenvalue weighted by atomic mass is 9.87. The molecule has 23 heavy (non-hydrogen) atoms. The molecule has 0 aromatic heterocycles. The van der Waals surface area contributed by atoms with Gasteiger partial charge in [-0.2, -0.15) is 0 Å². The van der Waals surface area contributed by atoms with Crippen molar-refractivity contribution in [2.24, 2.45) is 0 Å². The summed E-state index contributed by atoms with van der Waals surface area (Å²) in [6, 6.07) is 16.2. The molecule has 5 heteroatoms. The van der Waals surface area contributed by atoms with Crippen molar-refractivity contribution in [1.29, 1.82) is 0 Å². The Bertz CT molecular complexity index is 648. The summed E-state index contributed by atoms with van der Waals surface area (Å²) in [7, 11) is 0. The largest absolute Gasteiger partial charge is 0.508 e. The zero-order valence-corrected chi connectivity index (χ0v) is 13.5. The molecule has 0 bridgehead atoms. The quantitative estimate of drug-likeness (QED) is 0.847. The van der Waals surface area contributed by atoms with Gasteiger partial charge in [0.15, 0.2) is 0 Å². The van der Waals surface area contributed by atoms with Crippen molar-refractivity contribution in [3.63, 3.8) is 0 Å². The van der Waals surface area contributed by atoms with Crippen molar-refractivity contribution in [3.8, 4) is 5.75 Å². The van der Waals surface area contributed by atoms with Crippen LogP contribution in [0.15, 0.2) is 54.6 Å². The Labute approximate surface area is 141 Å². The van der Waals surface area contributed by atoms with Gasteiger partial charge >= 0.3 is 5.97 Å². The number of phenolic OH excluding ortho intramolecular Hbond substituents is 1. The van der Waals surface area contributed by atoms with E-state index in [4.69, 9.17) is 4.74 Å². The molecule has 1 heterocycles. The number of carbonyl (C=O) groups is 1. The van der Waals surface area contributed by atoms with E-state index in [-0.39, 0.29) is 36.1 Å². The molecule has 1 fully saturated rings. The maximum absolute atomic E-state index is 12.3. The summed E-state index contributed by atoms with van der Waals surface area (Å²) in [6.07, 6.45) is 0.638. The van der Waals surface area contributed by atoms with Gasteiger partial charge in [0, 0.05) is 12.5 Å². The number of halogens is 1. The lowest BCUT2D eigenvalue weighted by Crippen LogP contribution is -2.42. The van der Waals surface area contributed by atoms with E-state index in [1.807, 2.05) is 30.3 Å². The van der Waals surface area contributed by atoms with Crippen LogP contribution in [0.25, 0.3) is 0 Å². The Morgan fingerprint density at radius 1 is 1.13 bits per heavy atom. The van der Waals surface area contributed by atoms with E-state index in [0.717, 1.165) is 18.5 Å². The number of esters is 1. The molecule has 2 atom stereocenters. The second kappa shape index (κ2) is 7.99. The summed E-state index contributed by atoms with van der Waals surface area (Å²) in [5, 5.41) is 12.9. The monoisotopic (exact) mass is 333 g/mol. The molecule has 122 valence electrons. The minimum absolute atomic E-state index is 0. The van der Waals surface area contributed by atoms with Crippen LogP contribution < -0.4 is 5.32 Å². The van der Waals surface area contributed by atoms with Gasteiger partial charge in [0.1, 0.15) is 11.9 Å². The van der Waals surface area contributed by atoms with Gasteiger partial charge in [-0.05, 0) is 42.8 Å². The normalized spacial score (nSPS) is 20.3. The van der Waals surface area contributed by atoms with Gasteiger partial charge in [-0.25, -0.2) is 4.79 Å². The van der Waals surface area contributed by atoms with Gasteiger partial charge < -0.3 is 15.2 Å². The maximum atomic E-state index is 12.3. The topological polar surface area (TPSA) is 58.6 Å². The van der Waals surface area contributed by atoms with Gasteiger partial charge in [0.2, 0.25) is 0 Å². The van der Waals surface area contributed by atoms with E-state index in [2.05, 4.69) is 5.32 Å². The summed E-state index contributed by atoms with van der Waals surface area (Å²) < 4.78 is 5.70. The highest BCUT2D eigenvalue weighted by molar-refractivity contribution is 5.89. The number of rotatable bonds is 3. The Balaban J connectivity index is 0.00000192. The second-order valence-corrected chi connectivity index (χ2v) is 5.50. The zero-order chi connectivity index (χ0) is 15.4. The third-order valence-electron chi connectivity index (χ3n) is 3.99. The van der Waals surface area contributed by atoms with Crippen LogP contribution in [0.5, 0.6) is 5.75 Å². The zero-order valence-electron chi connectivity index (χ0n) is 12.6. The van der Waals surface area contributed by atoms with Gasteiger partial charge in [-0.3, -0.25) is 0 Å². The molecule has 2 N–H and O–H groups in total. The maximum Gasteiger partial charge on any atom is 0.338 e. The standard InChI is InChI=1S/C18H19NO3.ClH/c20-15-8-4-7-14(11-15)16-9-10-19-12-17(16)22-18(21)13-5-2-1-3-6-13;/h1-8,11,16-17,19-20H,9-10,12H2;1H/t16-,17+;/m1./s1. The third kappa shape index (κ3) is 4.24. The van der Waals surface area contributed by atoms with Crippen LogP contribution in [0.1, 0.15) is 28.3 Å². The highest BCUT2D eigenvalue weighted by Crippen LogP contribution is 2.30. The molecule has 0 amide bonds. The van der Waals surface area contributed by atoms with Crippen LogP contribution in [0.3, 0.4) is 0 Å². The first kappa shape index (κ1) is 17.3. The number of nitrogens with one attached hydrogen (secondary N) is 1. The summed E-state index contributed by atoms with van der Waals surface area (Å²) in [5.74, 6) is 0.0321. The fourth-order valence-electron chi connectivity index (χ4n) is 2.87. The first-order chi connectivity index (χ1) is 10.7. The van der Waals surface area contributed by atoms with Crippen molar-refractivity contribution in [2.45, 2.75) is 18.4 Å². The highest BCUT2D eigenvalue weighted by atomic mass is 35.5. The average Bonchev–Trinajstić information content (AvgIpc) is 2.56. The highest BCUT2D eigenvalue weighted by Gasteiger charge is 2.30. The fraction of sp³-hybridized carbons (Fsp3) is 0.278. The number of hydrogen-bond donors (Lipinski definition) is 2. The number of benzene rings is 2. The summed E-state index contributed by atoms with van der Waals surface area (Å²) in [5.41, 5.74) is 1.56. The minimum Gasteiger partial charge on any atom is -0.508 e. The SMILES string of the molecule is Cl.O=C(O[C@H]1CNCC[C@@H]1c1cccc(O)c1)c1ccccc1. The Kier molecular flexibility index (Phi) is 6.02. The van der Waals surface area contributed by atoms with Crippen molar-refractivity contribution >= 4 is 18.4 Å². The molecule has 2 aromatic carbocycles. The number of hydrogen-bond acceptors (Lipinski definition) is 4. The fourth-order valence-corrected chi connectivity index (χ4v) is 2.87. The lowest BCUT2D eigenvalue weighted by Gasteiger charge is -2.32. The summed E-state index contributed by atoms with van der Waals surface area (Å²) in [4.78, 5) is 12.3. The van der Waals surface area contributed by atoms with Crippen molar-refractivity contribution in [1.82, 2.24) is 5.32 Å². The third-order valence-corrected chi connectivity index (χ3v) is 3.99. The molecule has 1 aliphatic rings. The molecule has 0 spiro atoms. The predicted octanol–water partition coefficient (Wildman–Crippen LogP) is 3.12. The Morgan fingerprint density at radius 2 is 1.91 bits per heavy atom. The van der Waals surface area contributed by atoms with Crippen molar-refractivity contribution < 1.29 is 14.6 Å². The first-order valence-corrected chi connectivity index (χ1v) is 7.50. The average molecular weight is 334 g/mol. The Hall–Kier alpha value is -2.04. The molecular weight excluding hydrogens is 314 g/mol. The summed E-state index contributed by atoms with van der Waals surface area (Å²) >= 11 is 0.